The summed E-state index contributed by atoms with van der Waals surface area (Å²) in [5.74, 6) is -0.283. The number of aliphatic hydroxyl groups is 2. The Bertz CT molecular complexity index is 1060. The zero-order valence-electron chi connectivity index (χ0n) is 36.0. The number of phosphoric acid groups is 1. The predicted molar refractivity (Wildman–Crippen MR) is 232 cm³/mol. The van der Waals surface area contributed by atoms with E-state index in [0.29, 0.717) is 30.3 Å². The van der Waals surface area contributed by atoms with Crippen molar-refractivity contribution in [3.8, 4) is 0 Å². The summed E-state index contributed by atoms with van der Waals surface area (Å²) >= 11 is 0. The third kappa shape index (κ3) is 37.7. The van der Waals surface area contributed by atoms with Gasteiger partial charge in [-0.05, 0) is 77.0 Å². The van der Waals surface area contributed by atoms with E-state index >= 15 is 0 Å². The normalized spacial score (nSPS) is 15.4. The molecule has 0 aliphatic rings. The summed E-state index contributed by atoms with van der Waals surface area (Å²) in [5, 5.41) is 24.6. The first kappa shape index (κ1) is 53.4. The lowest BCUT2D eigenvalue weighted by Crippen LogP contribution is -2.51. The number of carbonyl (C=O) groups is 1. The maximum Gasteiger partial charge on any atom is 0.472 e. The molecule has 0 spiro atoms. The van der Waals surface area contributed by atoms with Crippen LogP contribution in [-0.4, -0.2) is 84.6 Å². The van der Waals surface area contributed by atoms with Crippen LogP contribution in [-0.2, 0) is 18.4 Å². The quantitative estimate of drug-likeness (QED) is 0.0211. The van der Waals surface area contributed by atoms with Gasteiger partial charge in [-0.25, -0.2) is 4.57 Å². The Balaban J connectivity index is 4.56. The van der Waals surface area contributed by atoms with Gasteiger partial charge >= 0.3 is 7.82 Å². The van der Waals surface area contributed by atoms with E-state index in [2.05, 4.69) is 67.8 Å². The smallest absolute Gasteiger partial charge is 0.390 e. The number of hydrogen-bond donors (Lipinski definition) is 4. The number of nitrogens with one attached hydrogen (secondary N) is 1. The number of phosphoric ester groups is 1. The van der Waals surface area contributed by atoms with E-state index < -0.39 is 32.7 Å². The molecule has 0 fully saturated rings. The molecule has 10 heteroatoms. The van der Waals surface area contributed by atoms with Crippen LogP contribution in [0.15, 0.2) is 48.6 Å². The summed E-state index contributed by atoms with van der Waals surface area (Å²) in [6.45, 7) is 4.52. The molecule has 4 unspecified atom stereocenters. The van der Waals surface area contributed by atoms with Crippen LogP contribution in [0.3, 0.4) is 0 Å². The third-order valence-electron chi connectivity index (χ3n) is 9.64. The van der Waals surface area contributed by atoms with Crippen LogP contribution in [0.5, 0.6) is 0 Å². The molecule has 4 N–H and O–H groups in total. The zero-order valence-corrected chi connectivity index (χ0v) is 36.9. The van der Waals surface area contributed by atoms with E-state index in [-0.39, 0.29) is 18.9 Å². The number of hydrogen-bond acceptors (Lipinski definition) is 6. The highest BCUT2D eigenvalue weighted by Gasteiger charge is 2.31. The molecule has 0 rings (SSSR count). The highest BCUT2D eigenvalue weighted by molar-refractivity contribution is 7.47. The van der Waals surface area contributed by atoms with Gasteiger partial charge in [0.25, 0.3) is 0 Å². The molecule has 0 saturated heterocycles. The minimum Gasteiger partial charge on any atom is -0.390 e. The second-order valence-electron chi connectivity index (χ2n) is 16.2. The number of unbranched alkanes of at least 4 members (excludes halogenated alkanes) is 17. The van der Waals surface area contributed by atoms with Crippen LogP contribution in [0.2, 0.25) is 0 Å². The first-order valence-electron chi connectivity index (χ1n) is 22.1. The van der Waals surface area contributed by atoms with Crippen LogP contribution < -0.4 is 5.32 Å². The van der Waals surface area contributed by atoms with Gasteiger partial charge in [0.05, 0.1) is 39.9 Å². The maximum absolute atomic E-state index is 12.9. The molecular formula is C45H86N2O7P+. The second-order valence-corrected chi connectivity index (χ2v) is 17.7. The van der Waals surface area contributed by atoms with E-state index in [0.717, 1.165) is 64.2 Å². The highest BCUT2D eigenvalue weighted by atomic mass is 31.2. The molecule has 0 aliphatic heterocycles. The fraction of sp³-hybridized carbons (Fsp3) is 0.800. The maximum atomic E-state index is 12.9. The number of carbonyl (C=O) groups excluding carboxylic acids is 1. The monoisotopic (exact) mass is 798 g/mol. The molecule has 0 aromatic rings. The third-order valence-corrected chi connectivity index (χ3v) is 10.6. The molecule has 322 valence electrons. The molecule has 55 heavy (non-hydrogen) atoms. The number of amides is 1. The molecule has 0 bridgehead atoms. The van der Waals surface area contributed by atoms with Gasteiger partial charge in [-0.2, -0.15) is 0 Å². The summed E-state index contributed by atoms with van der Waals surface area (Å²) in [6.07, 6.45) is 41.7. The SMILES string of the molecule is CCCCC/C=C\C/C=C\C/C=C\CCCCCCCCC(=O)NC(COP(=O)(O)OCC[N+](C)(C)C)C(O)C(O)CCC/C=C/CCCCCCCCC. The van der Waals surface area contributed by atoms with Crippen LogP contribution in [0.25, 0.3) is 0 Å². The van der Waals surface area contributed by atoms with Gasteiger partial charge < -0.3 is 24.9 Å². The van der Waals surface area contributed by atoms with Crippen molar-refractivity contribution in [2.24, 2.45) is 0 Å². The second kappa shape index (κ2) is 36.7. The molecule has 9 nitrogen and oxygen atoms in total. The van der Waals surface area contributed by atoms with Crippen molar-refractivity contribution in [2.75, 3.05) is 40.9 Å². The van der Waals surface area contributed by atoms with Crippen LogP contribution in [0.1, 0.15) is 174 Å². The van der Waals surface area contributed by atoms with Gasteiger partial charge in [0.1, 0.15) is 19.3 Å². The molecular weight excluding hydrogens is 711 g/mol. The number of nitrogens with zero attached hydrogens (tertiary/aromatic N) is 1. The van der Waals surface area contributed by atoms with Crippen molar-refractivity contribution >= 4 is 13.7 Å². The average Bonchev–Trinajstić information content (AvgIpc) is 3.13. The Kier molecular flexibility index (Phi) is 35.7. The van der Waals surface area contributed by atoms with Crippen molar-refractivity contribution in [3.63, 3.8) is 0 Å². The van der Waals surface area contributed by atoms with Gasteiger partial charge in [0, 0.05) is 6.42 Å². The number of allylic oxidation sites excluding steroid dienone is 8. The van der Waals surface area contributed by atoms with Gasteiger partial charge in [0.2, 0.25) is 5.91 Å². The molecule has 4 atom stereocenters. The van der Waals surface area contributed by atoms with Gasteiger partial charge in [-0.15, -0.1) is 0 Å². The number of likely N-dealkylation sites (N-methyl/N-ethyl adjacent to an activating group) is 1. The van der Waals surface area contributed by atoms with E-state index in [1.807, 2.05) is 21.1 Å². The van der Waals surface area contributed by atoms with Crippen LogP contribution in [0, 0.1) is 0 Å². The number of rotatable bonds is 39. The fourth-order valence-corrected chi connectivity index (χ4v) is 6.77. The summed E-state index contributed by atoms with van der Waals surface area (Å²) in [6, 6.07) is -1.06. The lowest BCUT2D eigenvalue weighted by molar-refractivity contribution is -0.870. The molecule has 0 saturated carbocycles. The first-order valence-corrected chi connectivity index (χ1v) is 23.6. The van der Waals surface area contributed by atoms with Crippen molar-refractivity contribution in [3.05, 3.63) is 48.6 Å². The number of quaternary nitrogens is 1. The Hall–Kier alpha value is -1.58. The fourth-order valence-electron chi connectivity index (χ4n) is 6.03. The Morgan fingerprint density at radius 3 is 1.62 bits per heavy atom. The standard InChI is InChI=1S/C45H85N2O7P/c1-6-8-10-12-14-16-18-20-21-22-23-24-25-26-28-30-32-34-36-38-44(49)46-42(41-54-55(51,52)53-40-39-47(3,4)5)45(50)43(48)37-35-33-31-29-27-19-17-15-13-11-9-7-2/h14,16,20-21,23-24,29,31,42-43,45,48,50H,6-13,15,17-19,22,25-28,30,32-41H2,1-5H3,(H-,46,49,51,52)/p+1/b16-14-,21-20-,24-23-,31-29+. The van der Waals surface area contributed by atoms with Crippen molar-refractivity contribution in [1.82, 2.24) is 5.32 Å². The van der Waals surface area contributed by atoms with Crippen molar-refractivity contribution < 1.29 is 38.0 Å². The molecule has 0 radical (unpaired) electrons. The zero-order chi connectivity index (χ0) is 40.9. The minimum atomic E-state index is -4.43. The molecule has 0 heterocycles. The minimum absolute atomic E-state index is 0.0117. The molecule has 0 aromatic heterocycles. The van der Waals surface area contributed by atoms with Gasteiger partial charge in [-0.1, -0.05) is 140 Å². The van der Waals surface area contributed by atoms with Gasteiger partial charge in [0.15, 0.2) is 0 Å². The number of aliphatic hydroxyl groups excluding tert-OH is 2. The van der Waals surface area contributed by atoms with E-state index in [9.17, 15) is 24.5 Å². The van der Waals surface area contributed by atoms with E-state index in [1.165, 1.54) is 70.6 Å². The molecule has 0 aliphatic carbocycles. The lowest BCUT2D eigenvalue weighted by atomic mass is 10.0. The average molecular weight is 798 g/mol. The highest BCUT2D eigenvalue weighted by Crippen LogP contribution is 2.43. The lowest BCUT2D eigenvalue weighted by Gasteiger charge is -2.28. The van der Waals surface area contributed by atoms with Crippen LogP contribution >= 0.6 is 7.82 Å². The summed E-state index contributed by atoms with van der Waals surface area (Å²) < 4.78 is 23.5. The largest absolute Gasteiger partial charge is 0.472 e. The molecule has 0 aromatic carbocycles. The Morgan fingerprint density at radius 2 is 1.07 bits per heavy atom. The van der Waals surface area contributed by atoms with Crippen LogP contribution in [0.4, 0.5) is 0 Å². The van der Waals surface area contributed by atoms with Crippen molar-refractivity contribution in [2.45, 2.75) is 193 Å². The van der Waals surface area contributed by atoms with Gasteiger partial charge in [-0.3, -0.25) is 13.8 Å². The summed E-state index contributed by atoms with van der Waals surface area (Å²) in [4.78, 5) is 23.1. The van der Waals surface area contributed by atoms with E-state index in [1.54, 1.807) is 0 Å². The predicted octanol–water partition coefficient (Wildman–Crippen LogP) is 11.0. The first-order chi connectivity index (χ1) is 26.4. The van der Waals surface area contributed by atoms with E-state index in [4.69, 9.17) is 9.05 Å². The van der Waals surface area contributed by atoms with Crippen molar-refractivity contribution in [1.29, 1.82) is 0 Å². The Labute approximate surface area is 338 Å². The molecule has 1 amide bonds. The topological polar surface area (TPSA) is 125 Å². The summed E-state index contributed by atoms with van der Waals surface area (Å²) in [7, 11) is 1.40. The Morgan fingerprint density at radius 1 is 0.636 bits per heavy atom. The summed E-state index contributed by atoms with van der Waals surface area (Å²) in [5.41, 5.74) is 0.